The Kier molecular flexibility index (Phi) is 8.93. The third-order valence-electron chi connectivity index (χ3n) is 4.46. The monoisotopic (exact) mass is 433 g/mol. The molecule has 0 N–H and O–H groups in total. The van der Waals surface area contributed by atoms with E-state index in [1.165, 1.54) is 0 Å². The van der Waals surface area contributed by atoms with Crippen LogP contribution in [0.2, 0.25) is 0 Å². The molecule has 6 nitrogen and oxygen atoms in total. The van der Waals surface area contributed by atoms with E-state index in [1.807, 2.05) is 0 Å². The summed E-state index contributed by atoms with van der Waals surface area (Å²) in [6.45, 7) is 10.5. The van der Waals surface area contributed by atoms with Crippen LogP contribution in [0.25, 0.3) is 0 Å². The van der Waals surface area contributed by atoms with Crippen LogP contribution in [0.4, 0.5) is 13.2 Å². The average Bonchev–Trinajstić information content (AvgIpc) is 2.67. The van der Waals surface area contributed by atoms with E-state index < -0.39 is 29.7 Å². The highest BCUT2D eigenvalue weighted by molar-refractivity contribution is 5.90. The first-order chi connectivity index (χ1) is 14.1. The second-order valence-electron chi connectivity index (χ2n) is 7.71. The SMILES string of the molecule is CC(C)OC(Oc1cc(C(=O)OCCN2CCOCC2)ccc1C(F)(F)F)C(C)C. The van der Waals surface area contributed by atoms with Crippen molar-refractivity contribution in [1.29, 1.82) is 0 Å². The molecule has 1 aliphatic rings. The molecule has 0 bridgehead atoms. The minimum absolute atomic E-state index is 0.00738. The Morgan fingerprint density at radius 2 is 1.83 bits per heavy atom. The van der Waals surface area contributed by atoms with Gasteiger partial charge in [-0.2, -0.15) is 13.2 Å². The van der Waals surface area contributed by atoms with Crippen molar-refractivity contribution >= 4 is 5.97 Å². The molecule has 1 heterocycles. The molecule has 0 radical (unpaired) electrons. The Morgan fingerprint density at radius 3 is 2.40 bits per heavy atom. The number of carbonyl (C=O) groups excluding carboxylic acids is 1. The first-order valence-corrected chi connectivity index (χ1v) is 10.1. The molecule has 0 saturated carbocycles. The summed E-state index contributed by atoms with van der Waals surface area (Å²) in [6, 6.07) is 3.00. The molecule has 1 atom stereocenters. The van der Waals surface area contributed by atoms with Gasteiger partial charge in [0.25, 0.3) is 0 Å². The molecule has 9 heteroatoms. The van der Waals surface area contributed by atoms with Crippen LogP contribution in [0.1, 0.15) is 43.6 Å². The Morgan fingerprint density at radius 1 is 1.17 bits per heavy atom. The quantitative estimate of drug-likeness (QED) is 0.434. The highest BCUT2D eigenvalue weighted by Crippen LogP contribution is 2.38. The maximum absolute atomic E-state index is 13.5. The zero-order chi connectivity index (χ0) is 22.3. The van der Waals surface area contributed by atoms with Gasteiger partial charge in [0.05, 0.1) is 30.4 Å². The third-order valence-corrected chi connectivity index (χ3v) is 4.46. The average molecular weight is 433 g/mol. The molecule has 0 aromatic heterocycles. The highest BCUT2D eigenvalue weighted by Gasteiger charge is 2.36. The summed E-state index contributed by atoms with van der Waals surface area (Å²) in [6.07, 6.45) is -5.76. The van der Waals surface area contributed by atoms with E-state index in [9.17, 15) is 18.0 Å². The van der Waals surface area contributed by atoms with Gasteiger partial charge >= 0.3 is 12.1 Å². The Labute approximate surface area is 175 Å². The summed E-state index contributed by atoms with van der Waals surface area (Å²) in [5.74, 6) is -1.35. The highest BCUT2D eigenvalue weighted by atomic mass is 19.4. The summed E-state index contributed by atoms with van der Waals surface area (Å²) in [5.41, 5.74) is -0.975. The molecule has 30 heavy (non-hydrogen) atoms. The number of hydrogen-bond donors (Lipinski definition) is 0. The van der Waals surface area contributed by atoms with Gasteiger partial charge in [0.2, 0.25) is 6.29 Å². The summed E-state index contributed by atoms with van der Waals surface area (Å²) in [5, 5.41) is 0. The van der Waals surface area contributed by atoms with E-state index in [0.29, 0.717) is 19.8 Å². The first kappa shape index (κ1) is 24.4. The largest absolute Gasteiger partial charge is 0.464 e. The Balaban J connectivity index is 2.12. The number of ether oxygens (including phenoxy) is 4. The second kappa shape index (κ2) is 11.0. The topological polar surface area (TPSA) is 57.2 Å². The lowest BCUT2D eigenvalue weighted by Crippen LogP contribution is -2.38. The van der Waals surface area contributed by atoms with E-state index in [1.54, 1.807) is 27.7 Å². The maximum Gasteiger partial charge on any atom is 0.419 e. The Hall–Kier alpha value is -1.84. The number of alkyl halides is 3. The molecule has 2 rings (SSSR count). The van der Waals surface area contributed by atoms with Crippen molar-refractivity contribution in [2.45, 2.75) is 46.3 Å². The molecule has 170 valence electrons. The maximum atomic E-state index is 13.5. The molecule has 1 aromatic carbocycles. The van der Waals surface area contributed by atoms with E-state index in [-0.39, 0.29) is 24.2 Å². The van der Waals surface area contributed by atoms with Crippen LogP contribution < -0.4 is 4.74 Å². The van der Waals surface area contributed by atoms with Crippen LogP contribution in [-0.4, -0.2) is 62.7 Å². The lowest BCUT2D eigenvalue weighted by molar-refractivity contribution is -0.151. The normalized spacial score (nSPS) is 16.7. The van der Waals surface area contributed by atoms with Gasteiger partial charge in [-0.25, -0.2) is 4.79 Å². The van der Waals surface area contributed by atoms with Crippen molar-refractivity contribution in [3.63, 3.8) is 0 Å². The fraction of sp³-hybridized carbons (Fsp3) is 0.667. The number of nitrogens with zero attached hydrogens (tertiary/aromatic N) is 1. The molecular formula is C21H30F3NO5. The van der Waals surface area contributed by atoms with E-state index in [0.717, 1.165) is 31.3 Å². The predicted molar refractivity (Wildman–Crippen MR) is 104 cm³/mol. The fourth-order valence-corrected chi connectivity index (χ4v) is 2.87. The standard InChI is InChI=1S/C21H30F3NO5/c1-14(2)20(29-15(3)4)30-18-13-16(5-6-17(18)21(22,23)24)19(26)28-12-9-25-7-10-27-11-8-25/h5-6,13-15,20H,7-12H2,1-4H3. The summed E-state index contributed by atoms with van der Waals surface area (Å²) in [7, 11) is 0. The van der Waals surface area contributed by atoms with Crippen molar-refractivity contribution in [3.05, 3.63) is 29.3 Å². The second-order valence-corrected chi connectivity index (χ2v) is 7.71. The fourth-order valence-electron chi connectivity index (χ4n) is 2.87. The lowest BCUT2D eigenvalue weighted by Gasteiger charge is -2.27. The molecule has 1 unspecified atom stereocenters. The van der Waals surface area contributed by atoms with Crippen molar-refractivity contribution in [3.8, 4) is 5.75 Å². The number of halogens is 3. The molecule has 1 aromatic rings. The predicted octanol–water partition coefficient (Wildman–Crippen LogP) is 3.98. The van der Waals surface area contributed by atoms with Crippen LogP contribution in [-0.2, 0) is 20.4 Å². The van der Waals surface area contributed by atoms with Crippen molar-refractivity contribution in [2.24, 2.45) is 5.92 Å². The molecule has 1 saturated heterocycles. The zero-order valence-corrected chi connectivity index (χ0v) is 17.8. The van der Waals surface area contributed by atoms with Gasteiger partial charge in [-0.15, -0.1) is 0 Å². The van der Waals surface area contributed by atoms with Crippen LogP contribution >= 0.6 is 0 Å². The van der Waals surface area contributed by atoms with Crippen molar-refractivity contribution in [2.75, 3.05) is 39.5 Å². The van der Waals surface area contributed by atoms with Gasteiger partial charge in [0.1, 0.15) is 12.4 Å². The van der Waals surface area contributed by atoms with Crippen LogP contribution in [0, 0.1) is 5.92 Å². The summed E-state index contributed by atoms with van der Waals surface area (Å²) < 4.78 is 62.0. The van der Waals surface area contributed by atoms with Crippen molar-refractivity contribution in [1.82, 2.24) is 4.90 Å². The number of morpholine rings is 1. The third kappa shape index (κ3) is 7.45. The molecule has 1 fully saturated rings. The van der Waals surface area contributed by atoms with E-state index in [4.69, 9.17) is 18.9 Å². The number of hydrogen-bond acceptors (Lipinski definition) is 6. The minimum Gasteiger partial charge on any atom is -0.464 e. The molecule has 0 spiro atoms. The van der Waals surface area contributed by atoms with Gasteiger partial charge in [0.15, 0.2) is 0 Å². The molecule has 1 aliphatic heterocycles. The molecule has 0 amide bonds. The number of esters is 1. The smallest absolute Gasteiger partial charge is 0.419 e. The van der Waals surface area contributed by atoms with Gasteiger partial charge in [0, 0.05) is 25.6 Å². The lowest BCUT2D eigenvalue weighted by atomic mass is 10.1. The zero-order valence-electron chi connectivity index (χ0n) is 17.8. The Bertz CT molecular complexity index is 688. The first-order valence-electron chi connectivity index (χ1n) is 10.1. The van der Waals surface area contributed by atoms with Gasteiger partial charge in [-0.05, 0) is 32.0 Å². The van der Waals surface area contributed by atoms with Crippen LogP contribution in [0.5, 0.6) is 5.75 Å². The van der Waals surface area contributed by atoms with E-state index >= 15 is 0 Å². The van der Waals surface area contributed by atoms with Crippen LogP contribution in [0.3, 0.4) is 0 Å². The van der Waals surface area contributed by atoms with Crippen LogP contribution in [0.15, 0.2) is 18.2 Å². The number of rotatable bonds is 9. The molecular weight excluding hydrogens is 403 g/mol. The van der Waals surface area contributed by atoms with E-state index in [2.05, 4.69) is 4.90 Å². The summed E-state index contributed by atoms with van der Waals surface area (Å²) >= 11 is 0. The van der Waals surface area contributed by atoms with Gasteiger partial charge in [-0.1, -0.05) is 13.8 Å². The van der Waals surface area contributed by atoms with Crippen molar-refractivity contribution < 1.29 is 36.9 Å². The number of benzene rings is 1. The van der Waals surface area contributed by atoms with Gasteiger partial charge in [-0.3, -0.25) is 4.90 Å². The van der Waals surface area contributed by atoms with Gasteiger partial charge < -0.3 is 18.9 Å². The minimum atomic E-state index is -4.63. The summed E-state index contributed by atoms with van der Waals surface area (Å²) in [4.78, 5) is 14.5. The number of carbonyl (C=O) groups is 1. The molecule has 0 aliphatic carbocycles.